The number of halogens is 1. The molecule has 21 heavy (non-hydrogen) atoms. The molecule has 0 spiro atoms. The minimum atomic E-state index is 0.237. The Kier molecular flexibility index (Phi) is 6.76. The second-order valence-electron chi connectivity index (χ2n) is 4.54. The van der Waals surface area contributed by atoms with E-state index in [0.29, 0.717) is 22.8 Å². The molecule has 3 nitrogen and oxygen atoms in total. The molecular weight excluding hydrogens is 282 g/mol. The van der Waals surface area contributed by atoms with Crippen molar-refractivity contribution in [1.82, 2.24) is 0 Å². The Balaban J connectivity index is 3.15. The summed E-state index contributed by atoms with van der Waals surface area (Å²) in [7, 11) is 0. The van der Waals surface area contributed by atoms with E-state index in [-0.39, 0.29) is 11.8 Å². The zero-order valence-electron chi connectivity index (χ0n) is 12.4. The number of hydrogen-bond acceptors (Lipinski definition) is 1. The third kappa shape index (κ3) is 4.80. The van der Waals surface area contributed by atoms with Crippen LogP contribution in [0.5, 0.6) is 0 Å². The summed E-state index contributed by atoms with van der Waals surface area (Å²) in [5.74, 6) is 0.869. The third-order valence-electron chi connectivity index (χ3n) is 3.02. The quantitative estimate of drug-likeness (QED) is 0.451. The predicted molar refractivity (Wildman–Crippen MR) is 93.3 cm³/mol. The van der Waals surface area contributed by atoms with Crippen LogP contribution in [-0.4, -0.2) is 18.4 Å². The van der Waals surface area contributed by atoms with Gasteiger partial charge in [0.2, 0.25) is 0 Å². The SMILES string of the molecule is C=C/C=C\C(C)c1ccc(/C(N=C)=N/C(=N)CC)c(Cl)c1. The lowest BCUT2D eigenvalue weighted by atomic mass is 9.99. The fourth-order valence-corrected chi connectivity index (χ4v) is 2.01. The average Bonchev–Trinajstić information content (AvgIpc) is 2.50. The molecule has 1 unspecified atom stereocenters. The first-order chi connectivity index (χ1) is 10.0. The minimum absolute atomic E-state index is 0.237. The van der Waals surface area contributed by atoms with Gasteiger partial charge in [0.25, 0.3) is 0 Å². The maximum absolute atomic E-state index is 7.64. The van der Waals surface area contributed by atoms with Crippen molar-refractivity contribution in [3.63, 3.8) is 0 Å². The Labute approximate surface area is 131 Å². The van der Waals surface area contributed by atoms with Crippen molar-refractivity contribution in [1.29, 1.82) is 5.41 Å². The Morgan fingerprint density at radius 2 is 2.19 bits per heavy atom. The van der Waals surface area contributed by atoms with E-state index < -0.39 is 0 Å². The normalized spacial score (nSPS) is 13.2. The summed E-state index contributed by atoms with van der Waals surface area (Å²) in [4.78, 5) is 8.01. The van der Waals surface area contributed by atoms with E-state index >= 15 is 0 Å². The molecule has 0 saturated carbocycles. The van der Waals surface area contributed by atoms with Crippen LogP contribution in [0.25, 0.3) is 0 Å². The van der Waals surface area contributed by atoms with E-state index in [9.17, 15) is 0 Å². The summed E-state index contributed by atoms with van der Waals surface area (Å²) in [6.07, 6.45) is 6.24. The molecule has 0 amide bonds. The highest BCUT2D eigenvalue weighted by atomic mass is 35.5. The lowest BCUT2D eigenvalue weighted by molar-refractivity contribution is 0.967. The predicted octanol–water partition coefficient (Wildman–Crippen LogP) is 5.02. The lowest BCUT2D eigenvalue weighted by Gasteiger charge is -2.10. The Morgan fingerprint density at radius 1 is 1.48 bits per heavy atom. The van der Waals surface area contributed by atoms with Crippen LogP contribution in [0, 0.1) is 5.41 Å². The molecule has 0 aliphatic carbocycles. The van der Waals surface area contributed by atoms with Gasteiger partial charge in [0, 0.05) is 12.0 Å². The Morgan fingerprint density at radius 3 is 2.71 bits per heavy atom. The minimum Gasteiger partial charge on any atom is -0.287 e. The van der Waals surface area contributed by atoms with E-state index in [1.54, 1.807) is 6.08 Å². The van der Waals surface area contributed by atoms with E-state index in [1.165, 1.54) is 0 Å². The number of amidine groups is 2. The van der Waals surface area contributed by atoms with Gasteiger partial charge in [-0.2, -0.15) is 0 Å². The van der Waals surface area contributed by atoms with Crippen molar-refractivity contribution < 1.29 is 0 Å². The van der Waals surface area contributed by atoms with E-state index in [4.69, 9.17) is 17.0 Å². The number of rotatable bonds is 5. The maximum Gasteiger partial charge on any atom is 0.162 e. The molecule has 1 rings (SSSR count). The first-order valence-electron chi connectivity index (χ1n) is 6.75. The van der Waals surface area contributed by atoms with Crippen molar-refractivity contribution in [3.8, 4) is 0 Å². The van der Waals surface area contributed by atoms with Gasteiger partial charge >= 0.3 is 0 Å². The van der Waals surface area contributed by atoms with Gasteiger partial charge in [-0.15, -0.1) is 0 Å². The van der Waals surface area contributed by atoms with Crippen LogP contribution < -0.4 is 0 Å². The summed E-state index contributed by atoms with van der Waals surface area (Å²) in [5, 5.41) is 8.20. The molecule has 0 aromatic heterocycles. The molecule has 4 heteroatoms. The summed E-state index contributed by atoms with van der Waals surface area (Å²) >= 11 is 6.32. The smallest absolute Gasteiger partial charge is 0.162 e. The largest absolute Gasteiger partial charge is 0.287 e. The van der Waals surface area contributed by atoms with Gasteiger partial charge in [0.1, 0.15) is 5.84 Å². The first-order valence-corrected chi connectivity index (χ1v) is 7.13. The van der Waals surface area contributed by atoms with Gasteiger partial charge in [-0.1, -0.05) is 56.3 Å². The van der Waals surface area contributed by atoms with E-state index in [1.807, 2.05) is 37.3 Å². The van der Waals surface area contributed by atoms with Gasteiger partial charge < -0.3 is 0 Å². The summed E-state index contributed by atoms with van der Waals surface area (Å²) in [6.45, 7) is 11.1. The highest BCUT2D eigenvalue weighted by molar-refractivity contribution is 6.34. The molecule has 0 aliphatic heterocycles. The maximum atomic E-state index is 7.64. The molecule has 0 saturated heterocycles. The molecule has 110 valence electrons. The third-order valence-corrected chi connectivity index (χ3v) is 3.33. The number of nitrogens with one attached hydrogen (secondary N) is 1. The van der Waals surface area contributed by atoms with Crippen LogP contribution in [0.15, 0.2) is 53.0 Å². The van der Waals surface area contributed by atoms with Gasteiger partial charge in [-0.25, -0.2) is 9.98 Å². The van der Waals surface area contributed by atoms with Crippen molar-refractivity contribution in [2.75, 3.05) is 0 Å². The molecule has 1 atom stereocenters. The Hall–Kier alpha value is -2.00. The number of nitrogens with zero attached hydrogens (tertiary/aromatic N) is 2. The monoisotopic (exact) mass is 301 g/mol. The molecule has 1 aromatic rings. The second kappa shape index (κ2) is 8.32. The average molecular weight is 302 g/mol. The zero-order valence-corrected chi connectivity index (χ0v) is 13.2. The number of allylic oxidation sites excluding steroid dienone is 3. The standard InChI is InChI=1S/C17H20ClN3/c1-5-7-8-12(3)13-9-10-14(15(18)11-13)17(20-4)21-16(19)6-2/h5,7-12,19H,1,4,6H2,2-3H3/b8-7-,19-16?,21-17-. The van der Waals surface area contributed by atoms with Crippen molar-refractivity contribution in [3.05, 3.63) is 59.2 Å². The molecule has 1 aromatic carbocycles. The van der Waals surface area contributed by atoms with E-state index in [2.05, 4.69) is 30.2 Å². The summed E-state index contributed by atoms with van der Waals surface area (Å²) in [6, 6.07) is 5.74. The Bertz CT molecular complexity index is 600. The first kappa shape index (κ1) is 17.1. The van der Waals surface area contributed by atoms with Gasteiger partial charge in [0.05, 0.1) is 5.02 Å². The molecule has 0 heterocycles. The fourth-order valence-electron chi connectivity index (χ4n) is 1.74. The van der Waals surface area contributed by atoms with Crippen LogP contribution >= 0.6 is 11.6 Å². The molecule has 1 N–H and O–H groups in total. The van der Waals surface area contributed by atoms with Crippen LogP contribution in [0.1, 0.15) is 37.3 Å². The lowest BCUT2D eigenvalue weighted by Crippen LogP contribution is -2.03. The van der Waals surface area contributed by atoms with E-state index in [0.717, 1.165) is 5.56 Å². The topological polar surface area (TPSA) is 48.6 Å². The second-order valence-corrected chi connectivity index (χ2v) is 4.95. The summed E-state index contributed by atoms with van der Waals surface area (Å²) in [5.41, 5.74) is 1.78. The van der Waals surface area contributed by atoms with Crippen LogP contribution in [0.2, 0.25) is 5.02 Å². The molecule has 0 fully saturated rings. The van der Waals surface area contributed by atoms with Crippen LogP contribution in [-0.2, 0) is 0 Å². The molecule has 0 bridgehead atoms. The van der Waals surface area contributed by atoms with Gasteiger partial charge in [-0.3, -0.25) is 5.41 Å². The van der Waals surface area contributed by atoms with Crippen molar-refractivity contribution in [2.24, 2.45) is 9.98 Å². The highest BCUT2D eigenvalue weighted by Crippen LogP contribution is 2.25. The number of hydrogen-bond donors (Lipinski definition) is 1. The van der Waals surface area contributed by atoms with Crippen molar-refractivity contribution in [2.45, 2.75) is 26.2 Å². The highest BCUT2D eigenvalue weighted by Gasteiger charge is 2.10. The molecule has 0 radical (unpaired) electrons. The van der Waals surface area contributed by atoms with Gasteiger partial charge in [-0.05, 0) is 30.3 Å². The molecular formula is C17H20ClN3. The van der Waals surface area contributed by atoms with Crippen molar-refractivity contribution >= 4 is 30.0 Å². The molecule has 0 aliphatic rings. The van der Waals surface area contributed by atoms with Gasteiger partial charge in [0.15, 0.2) is 5.84 Å². The number of benzene rings is 1. The fraction of sp³-hybridized carbons (Fsp3) is 0.235. The van der Waals surface area contributed by atoms with Crippen LogP contribution in [0.3, 0.4) is 0 Å². The summed E-state index contributed by atoms with van der Waals surface area (Å²) < 4.78 is 0. The van der Waals surface area contributed by atoms with Crippen LogP contribution in [0.4, 0.5) is 0 Å². The zero-order chi connectivity index (χ0) is 15.8. The number of aliphatic imine (C=N–C) groups is 2.